The van der Waals surface area contributed by atoms with E-state index in [1.165, 1.54) is 6.42 Å². The average molecular weight is 269 g/mol. The molecule has 110 valence electrons. The fourth-order valence-corrected chi connectivity index (χ4v) is 2.90. The number of rotatable bonds is 6. The van der Waals surface area contributed by atoms with Crippen molar-refractivity contribution < 1.29 is 9.90 Å². The highest BCUT2D eigenvalue weighted by atomic mass is 16.4. The maximum Gasteiger partial charge on any atom is 0.324 e. The van der Waals surface area contributed by atoms with Gasteiger partial charge in [-0.05, 0) is 53.2 Å². The number of nitrogens with one attached hydrogen (secondary N) is 1. The first-order valence-electron chi connectivity index (χ1n) is 7.30. The normalized spacial score (nSPS) is 28.3. The number of hydrogen-bond donors (Lipinski definition) is 2. The number of carbonyl (C=O) groups is 1. The molecule has 1 saturated carbocycles. The van der Waals surface area contributed by atoms with E-state index in [0.717, 1.165) is 32.4 Å². The summed E-state index contributed by atoms with van der Waals surface area (Å²) < 4.78 is 0. The lowest BCUT2D eigenvalue weighted by Crippen LogP contribution is -2.59. The SMILES string of the molecule is CN(C)C1CCCN(CC(C)(NC2CC2)C(=O)O)C1. The van der Waals surface area contributed by atoms with Gasteiger partial charge in [-0.3, -0.25) is 15.0 Å². The Morgan fingerprint density at radius 3 is 2.63 bits per heavy atom. The van der Waals surface area contributed by atoms with E-state index in [4.69, 9.17) is 0 Å². The van der Waals surface area contributed by atoms with Crippen molar-refractivity contribution in [3.05, 3.63) is 0 Å². The van der Waals surface area contributed by atoms with Crippen LogP contribution in [0.15, 0.2) is 0 Å². The molecule has 2 atom stereocenters. The van der Waals surface area contributed by atoms with E-state index < -0.39 is 11.5 Å². The summed E-state index contributed by atoms with van der Waals surface area (Å²) in [4.78, 5) is 16.1. The average Bonchev–Trinajstić information content (AvgIpc) is 3.12. The molecule has 0 radical (unpaired) electrons. The molecule has 0 bridgehead atoms. The van der Waals surface area contributed by atoms with Gasteiger partial charge in [0.25, 0.3) is 0 Å². The van der Waals surface area contributed by atoms with Crippen LogP contribution in [0.25, 0.3) is 0 Å². The van der Waals surface area contributed by atoms with Crippen LogP contribution >= 0.6 is 0 Å². The van der Waals surface area contributed by atoms with E-state index in [1.807, 2.05) is 6.92 Å². The molecule has 0 spiro atoms. The molecule has 1 heterocycles. The number of likely N-dealkylation sites (tertiary alicyclic amines) is 1. The summed E-state index contributed by atoms with van der Waals surface area (Å²) in [5.74, 6) is -0.730. The Bertz CT molecular complexity index is 331. The van der Waals surface area contributed by atoms with E-state index in [0.29, 0.717) is 18.6 Å². The Kier molecular flexibility index (Phi) is 4.48. The van der Waals surface area contributed by atoms with Crippen LogP contribution in [0.2, 0.25) is 0 Å². The molecular formula is C14H27N3O2. The van der Waals surface area contributed by atoms with Crippen LogP contribution in [0.3, 0.4) is 0 Å². The summed E-state index contributed by atoms with van der Waals surface area (Å²) in [5, 5.41) is 12.8. The van der Waals surface area contributed by atoms with Crippen LogP contribution in [0.1, 0.15) is 32.6 Å². The highest BCUT2D eigenvalue weighted by Gasteiger charge is 2.40. The van der Waals surface area contributed by atoms with E-state index in [2.05, 4.69) is 29.2 Å². The van der Waals surface area contributed by atoms with Crippen molar-refractivity contribution in [1.29, 1.82) is 0 Å². The Morgan fingerprint density at radius 1 is 1.42 bits per heavy atom. The summed E-state index contributed by atoms with van der Waals surface area (Å²) in [6.07, 6.45) is 4.59. The summed E-state index contributed by atoms with van der Waals surface area (Å²) in [7, 11) is 4.21. The summed E-state index contributed by atoms with van der Waals surface area (Å²) in [5.41, 5.74) is -0.810. The van der Waals surface area contributed by atoms with Gasteiger partial charge in [0.2, 0.25) is 0 Å². The van der Waals surface area contributed by atoms with Crippen LogP contribution in [0.4, 0.5) is 0 Å². The minimum Gasteiger partial charge on any atom is -0.480 e. The fraction of sp³-hybridized carbons (Fsp3) is 0.929. The van der Waals surface area contributed by atoms with Gasteiger partial charge in [-0.2, -0.15) is 0 Å². The molecule has 1 saturated heterocycles. The van der Waals surface area contributed by atoms with Crippen LogP contribution in [0, 0.1) is 0 Å². The molecule has 2 aliphatic rings. The Balaban J connectivity index is 1.94. The van der Waals surface area contributed by atoms with Crippen molar-refractivity contribution in [3.63, 3.8) is 0 Å². The molecule has 1 aliphatic carbocycles. The van der Waals surface area contributed by atoms with E-state index >= 15 is 0 Å². The summed E-state index contributed by atoms with van der Waals surface area (Å²) in [6.45, 7) is 4.41. The lowest BCUT2D eigenvalue weighted by atomic mass is 9.98. The quantitative estimate of drug-likeness (QED) is 0.740. The molecule has 0 aromatic carbocycles. The monoisotopic (exact) mass is 269 g/mol. The second-order valence-corrected chi connectivity index (χ2v) is 6.55. The minimum atomic E-state index is -0.810. The molecular weight excluding hydrogens is 242 g/mol. The van der Waals surface area contributed by atoms with Gasteiger partial charge in [-0.1, -0.05) is 0 Å². The maximum absolute atomic E-state index is 11.6. The van der Waals surface area contributed by atoms with E-state index in [9.17, 15) is 9.90 Å². The maximum atomic E-state index is 11.6. The van der Waals surface area contributed by atoms with Crippen molar-refractivity contribution in [2.45, 2.75) is 50.2 Å². The molecule has 5 nitrogen and oxygen atoms in total. The van der Waals surface area contributed by atoms with Crippen LogP contribution < -0.4 is 5.32 Å². The zero-order valence-electron chi connectivity index (χ0n) is 12.4. The van der Waals surface area contributed by atoms with Gasteiger partial charge in [0, 0.05) is 25.2 Å². The van der Waals surface area contributed by atoms with Gasteiger partial charge < -0.3 is 10.0 Å². The largest absolute Gasteiger partial charge is 0.480 e. The molecule has 0 aromatic heterocycles. The van der Waals surface area contributed by atoms with E-state index in [1.54, 1.807) is 0 Å². The first-order valence-corrected chi connectivity index (χ1v) is 7.30. The van der Waals surface area contributed by atoms with Crippen molar-refractivity contribution in [2.75, 3.05) is 33.7 Å². The van der Waals surface area contributed by atoms with Crippen LogP contribution in [0.5, 0.6) is 0 Å². The molecule has 5 heteroatoms. The molecule has 2 unspecified atom stereocenters. The third kappa shape index (κ3) is 3.91. The second-order valence-electron chi connectivity index (χ2n) is 6.55. The Hall–Kier alpha value is -0.650. The highest BCUT2D eigenvalue weighted by molar-refractivity contribution is 5.78. The molecule has 2 fully saturated rings. The topological polar surface area (TPSA) is 55.8 Å². The van der Waals surface area contributed by atoms with Crippen molar-refractivity contribution >= 4 is 5.97 Å². The van der Waals surface area contributed by atoms with Crippen LogP contribution in [-0.4, -0.2) is 72.2 Å². The third-order valence-electron chi connectivity index (χ3n) is 4.32. The molecule has 0 aromatic rings. The highest BCUT2D eigenvalue weighted by Crippen LogP contribution is 2.24. The second kappa shape index (κ2) is 5.77. The standard InChI is InChI=1S/C14H27N3O2/c1-14(13(18)19,15-11-6-7-11)10-17-8-4-5-12(9-17)16(2)3/h11-12,15H,4-10H2,1-3H3,(H,18,19). The summed E-state index contributed by atoms with van der Waals surface area (Å²) in [6, 6.07) is 0.961. The lowest BCUT2D eigenvalue weighted by molar-refractivity contribution is -0.145. The number of carboxylic acids is 1. The molecule has 0 amide bonds. The van der Waals surface area contributed by atoms with Gasteiger partial charge in [0.1, 0.15) is 5.54 Å². The number of aliphatic carboxylic acids is 1. The zero-order chi connectivity index (χ0) is 14.0. The number of carboxylic acid groups (broad SMARTS) is 1. The predicted molar refractivity (Wildman–Crippen MR) is 75.3 cm³/mol. The van der Waals surface area contributed by atoms with Crippen molar-refractivity contribution in [2.24, 2.45) is 0 Å². The zero-order valence-corrected chi connectivity index (χ0v) is 12.4. The molecule has 2 N–H and O–H groups in total. The molecule has 1 aliphatic heterocycles. The number of hydrogen-bond acceptors (Lipinski definition) is 4. The molecule has 2 rings (SSSR count). The number of likely N-dealkylation sites (N-methyl/N-ethyl adjacent to an activating group) is 1. The van der Waals surface area contributed by atoms with Gasteiger partial charge in [0.15, 0.2) is 0 Å². The third-order valence-corrected chi connectivity index (χ3v) is 4.32. The smallest absolute Gasteiger partial charge is 0.324 e. The fourth-order valence-electron chi connectivity index (χ4n) is 2.90. The predicted octanol–water partition coefficient (Wildman–Crippen LogP) is 0.608. The number of nitrogens with zero attached hydrogens (tertiary/aromatic N) is 2. The first kappa shape index (κ1) is 14.8. The first-order chi connectivity index (χ1) is 8.90. The Morgan fingerprint density at radius 2 is 2.11 bits per heavy atom. The van der Waals surface area contributed by atoms with Gasteiger partial charge >= 0.3 is 5.97 Å². The molecule has 19 heavy (non-hydrogen) atoms. The number of piperidine rings is 1. The van der Waals surface area contributed by atoms with E-state index in [-0.39, 0.29) is 0 Å². The van der Waals surface area contributed by atoms with Gasteiger partial charge in [-0.15, -0.1) is 0 Å². The van der Waals surface area contributed by atoms with Gasteiger partial charge in [0.05, 0.1) is 0 Å². The van der Waals surface area contributed by atoms with Crippen molar-refractivity contribution in [3.8, 4) is 0 Å². The minimum absolute atomic E-state index is 0.413. The Labute approximate surface area is 115 Å². The van der Waals surface area contributed by atoms with Crippen LogP contribution in [-0.2, 0) is 4.79 Å². The summed E-state index contributed by atoms with van der Waals surface area (Å²) >= 11 is 0. The lowest BCUT2D eigenvalue weighted by Gasteiger charge is -2.40. The van der Waals surface area contributed by atoms with Crippen molar-refractivity contribution in [1.82, 2.24) is 15.1 Å². The van der Waals surface area contributed by atoms with Gasteiger partial charge in [-0.25, -0.2) is 0 Å².